The summed E-state index contributed by atoms with van der Waals surface area (Å²) in [6, 6.07) is 6.94. The van der Waals surface area contributed by atoms with Crippen molar-refractivity contribution in [2.45, 2.75) is 6.92 Å². The van der Waals surface area contributed by atoms with Gasteiger partial charge in [-0.15, -0.1) is 0 Å². The largest absolute Gasteiger partial charge is 5.00 e. The number of nitrogens with zero attached hydrogens (tertiary/aromatic N) is 3. The van der Waals surface area contributed by atoms with E-state index in [4.69, 9.17) is 16.6 Å². The van der Waals surface area contributed by atoms with Crippen molar-refractivity contribution in [1.82, 2.24) is 5.32 Å². The molecule has 1 aromatic rings. The summed E-state index contributed by atoms with van der Waals surface area (Å²) in [4.78, 5) is 4.34. The third-order valence-electron chi connectivity index (χ3n) is 2.24. The van der Waals surface area contributed by atoms with E-state index in [1.54, 1.807) is 18.2 Å². The Morgan fingerprint density at radius 1 is 1.26 bits per heavy atom. The van der Waals surface area contributed by atoms with E-state index in [-0.39, 0.29) is 22.8 Å². The molecule has 3 N–H and O–H groups in total. The number of benzene rings is 1. The van der Waals surface area contributed by atoms with Crippen molar-refractivity contribution >= 4 is 40.5 Å². The summed E-state index contributed by atoms with van der Waals surface area (Å²) in [5.41, 5.74) is 6.82. The molecule has 0 saturated carbocycles. The van der Waals surface area contributed by atoms with Gasteiger partial charge in [-0.05, 0) is 12.5 Å². The Morgan fingerprint density at radius 2 is 1.78 bits per heavy atom. The first kappa shape index (κ1) is 26.6. The van der Waals surface area contributed by atoms with Crippen LogP contribution in [0, 0.1) is 0 Å². The summed E-state index contributed by atoms with van der Waals surface area (Å²) in [5, 5.41) is 31.6. The Labute approximate surface area is 158 Å². The quantitative estimate of drug-likeness (QED) is 0.329. The van der Waals surface area contributed by atoms with Gasteiger partial charge in [-0.25, -0.2) is 0 Å². The summed E-state index contributed by atoms with van der Waals surface area (Å²) < 4.78 is 0. The van der Waals surface area contributed by atoms with Crippen molar-refractivity contribution < 1.29 is 22.2 Å². The molecule has 0 aliphatic carbocycles. The van der Waals surface area contributed by atoms with E-state index in [0.717, 1.165) is 18.8 Å². The molecular weight excluding hydrogens is 374 g/mol. The Kier molecular flexibility index (Phi) is 24.0. The number of thiocarbonyl (C=S) groups is 2. The Morgan fingerprint density at radius 3 is 2.26 bits per heavy atom. The van der Waals surface area contributed by atoms with Crippen LogP contribution < -0.4 is 16.2 Å². The fourth-order valence-electron chi connectivity index (χ4n) is 1.38. The van der Waals surface area contributed by atoms with Crippen LogP contribution in [-0.4, -0.2) is 42.2 Å². The Hall–Kier alpha value is -1.27. The van der Waals surface area contributed by atoms with Gasteiger partial charge >= 0.3 is 17.1 Å². The van der Waals surface area contributed by atoms with E-state index in [2.05, 4.69) is 34.7 Å². The zero-order chi connectivity index (χ0) is 17.2. The van der Waals surface area contributed by atoms with E-state index < -0.39 is 0 Å². The second-order valence-corrected chi connectivity index (χ2v) is 4.05. The third-order valence-corrected chi connectivity index (χ3v) is 2.24. The molecule has 1 aromatic carbocycles. The summed E-state index contributed by atoms with van der Waals surface area (Å²) in [7, 11) is 0. The first-order valence-electron chi connectivity index (χ1n) is 6.29. The average molecular weight is 392 g/mol. The summed E-state index contributed by atoms with van der Waals surface area (Å²) in [5.74, 6) is 0.0265. The fraction of sp³-hybridized carbons (Fsp3) is 0.357. The van der Waals surface area contributed by atoms with Gasteiger partial charge in [0.05, 0.1) is 6.54 Å². The van der Waals surface area contributed by atoms with Crippen LogP contribution in [-0.2, 0) is 17.1 Å². The second-order valence-electron chi connectivity index (χ2n) is 3.68. The van der Waals surface area contributed by atoms with Crippen LogP contribution in [0.15, 0.2) is 29.3 Å². The molecule has 123 valence electrons. The number of aliphatic imine (C=N–C) groups is 1. The normalized spacial score (nSPS) is 8.87. The van der Waals surface area contributed by atoms with Gasteiger partial charge in [0.1, 0.15) is 0 Å². The molecule has 0 saturated heterocycles. The average Bonchev–Trinajstić information content (AvgIpc) is 2.49. The molecule has 0 fully saturated rings. The van der Waals surface area contributed by atoms with Crippen LogP contribution in [0.25, 0.3) is 10.8 Å². The molecule has 0 heterocycles. The molecule has 0 atom stereocenters. The molecular formula is C14H18FeN5OS2+2. The Bertz CT molecular complexity index is 502. The summed E-state index contributed by atoms with van der Waals surface area (Å²) in [6.07, 6.45) is 0. The predicted molar refractivity (Wildman–Crippen MR) is 96.8 cm³/mol. The first-order valence-corrected chi connectivity index (χ1v) is 7.11. The van der Waals surface area contributed by atoms with Crippen LogP contribution in [0.1, 0.15) is 12.5 Å². The molecule has 6 nitrogen and oxygen atoms in total. The van der Waals surface area contributed by atoms with Crippen LogP contribution >= 0.6 is 24.4 Å². The van der Waals surface area contributed by atoms with Gasteiger partial charge in [0.25, 0.3) is 0 Å². The minimum Gasteiger partial charge on any atom is -0.872 e. The number of isothiocyanates is 2. The van der Waals surface area contributed by atoms with Crippen molar-refractivity contribution in [1.29, 1.82) is 0 Å². The van der Waals surface area contributed by atoms with E-state index in [0.29, 0.717) is 18.7 Å². The zero-order valence-corrected chi connectivity index (χ0v) is 15.4. The predicted octanol–water partition coefficient (Wildman–Crippen LogP) is 1.43. The molecule has 0 aliphatic rings. The SMILES string of the molecule is CC(=NCCNCCN)c1ccccc1[O-].[Fe+5].[N-]=C=S.[N-]=C=S. The first-order chi connectivity index (χ1) is 10.6. The zero-order valence-electron chi connectivity index (χ0n) is 12.6. The van der Waals surface area contributed by atoms with E-state index in [9.17, 15) is 5.11 Å². The molecule has 9 heteroatoms. The van der Waals surface area contributed by atoms with Crippen LogP contribution in [0.4, 0.5) is 0 Å². The van der Waals surface area contributed by atoms with Crippen molar-refractivity contribution in [3.05, 3.63) is 40.6 Å². The van der Waals surface area contributed by atoms with Gasteiger partial charge in [-0.3, -0.25) is 4.99 Å². The molecule has 1 rings (SSSR count). The molecule has 1 radical (unpaired) electrons. The maximum absolute atomic E-state index is 11.5. The van der Waals surface area contributed by atoms with Gasteiger partial charge < -0.3 is 27.0 Å². The summed E-state index contributed by atoms with van der Waals surface area (Å²) >= 11 is 7.40. The van der Waals surface area contributed by atoms with E-state index in [1.165, 1.54) is 10.3 Å². The minimum absolute atomic E-state index is 0. The maximum Gasteiger partial charge on any atom is 5.00 e. The van der Waals surface area contributed by atoms with Crippen molar-refractivity contribution in [3.8, 4) is 5.75 Å². The molecule has 0 aromatic heterocycles. The molecule has 0 aliphatic heterocycles. The summed E-state index contributed by atoms with van der Waals surface area (Å²) in [6.45, 7) is 4.74. The Balaban J connectivity index is -0.000000497. The standard InChI is InChI=1S/C12H19N3O.2CNS.Fe/c1-10(15-9-8-14-7-6-13)11-4-2-3-5-12(11)16;2*2-1-3;/h2-5,14,16H,6-9,13H2,1H3;;;/q;2*-1;+5/p-1. The maximum atomic E-state index is 11.5. The number of para-hydroxylation sites is 1. The van der Waals surface area contributed by atoms with Gasteiger partial charge in [0, 0.05) is 25.3 Å². The van der Waals surface area contributed by atoms with Gasteiger partial charge in [-0.2, -0.15) is 10.3 Å². The fourth-order valence-corrected chi connectivity index (χ4v) is 1.38. The molecule has 0 amide bonds. The number of nitrogens with two attached hydrogens (primary N) is 1. The molecule has 0 unspecified atom stereocenters. The van der Waals surface area contributed by atoms with Gasteiger partial charge in [0.2, 0.25) is 0 Å². The van der Waals surface area contributed by atoms with Gasteiger partial charge in [0.15, 0.2) is 0 Å². The minimum atomic E-state index is 0. The monoisotopic (exact) mass is 392 g/mol. The van der Waals surface area contributed by atoms with E-state index >= 15 is 0 Å². The molecule has 0 spiro atoms. The van der Waals surface area contributed by atoms with E-state index in [1.807, 2.05) is 13.0 Å². The third kappa shape index (κ3) is 16.9. The number of nitrogens with one attached hydrogen (secondary N) is 1. The van der Waals surface area contributed by atoms with Crippen molar-refractivity contribution in [2.75, 3.05) is 26.2 Å². The van der Waals surface area contributed by atoms with Crippen LogP contribution in [0.3, 0.4) is 0 Å². The smallest absolute Gasteiger partial charge is 0.872 e. The number of rotatable bonds is 6. The number of hydrogen-bond acceptors (Lipinski definition) is 6. The second kappa shape index (κ2) is 20.7. The van der Waals surface area contributed by atoms with Crippen molar-refractivity contribution in [2.24, 2.45) is 10.7 Å². The topological polar surface area (TPSA) is 118 Å². The van der Waals surface area contributed by atoms with Crippen LogP contribution in [0.5, 0.6) is 5.75 Å². The molecule has 23 heavy (non-hydrogen) atoms. The molecule has 0 bridgehead atoms. The van der Waals surface area contributed by atoms with Crippen molar-refractivity contribution in [3.63, 3.8) is 0 Å². The van der Waals surface area contributed by atoms with Crippen LogP contribution in [0.2, 0.25) is 0 Å². The number of hydrogen-bond donors (Lipinski definition) is 2. The van der Waals surface area contributed by atoms with Gasteiger partial charge in [-0.1, -0.05) is 54.5 Å².